The minimum atomic E-state index is -0.490. The molecular formula is C17H29ClN2O3. The van der Waals surface area contributed by atoms with Crippen molar-refractivity contribution in [2.45, 2.75) is 59.1 Å². The van der Waals surface area contributed by atoms with Crippen molar-refractivity contribution in [1.82, 2.24) is 9.80 Å². The van der Waals surface area contributed by atoms with Gasteiger partial charge in [0.05, 0.1) is 0 Å². The molecule has 0 saturated carbocycles. The zero-order valence-electron chi connectivity index (χ0n) is 14.9. The number of halogens is 1. The van der Waals surface area contributed by atoms with Crippen LogP contribution in [0.3, 0.4) is 0 Å². The Morgan fingerprint density at radius 3 is 2.52 bits per heavy atom. The molecular weight excluding hydrogens is 316 g/mol. The van der Waals surface area contributed by atoms with Gasteiger partial charge in [-0.2, -0.15) is 0 Å². The minimum absolute atomic E-state index is 0.155. The molecule has 0 aromatic carbocycles. The SMILES string of the molecule is CC(C)(C)OC(=O)N1CCC(N2CC(CCl)CC2=O)C(C)(C)C1. The topological polar surface area (TPSA) is 49.9 Å². The van der Waals surface area contributed by atoms with Crippen molar-refractivity contribution in [2.24, 2.45) is 11.3 Å². The third-order valence-corrected chi connectivity index (χ3v) is 5.09. The van der Waals surface area contributed by atoms with Crippen molar-refractivity contribution in [2.75, 3.05) is 25.5 Å². The summed E-state index contributed by atoms with van der Waals surface area (Å²) in [5.41, 5.74) is -0.650. The Balaban J connectivity index is 2.03. The summed E-state index contributed by atoms with van der Waals surface area (Å²) in [7, 11) is 0. The Labute approximate surface area is 144 Å². The lowest BCUT2D eigenvalue weighted by molar-refractivity contribution is -0.133. The molecule has 0 spiro atoms. The van der Waals surface area contributed by atoms with E-state index in [9.17, 15) is 9.59 Å². The third kappa shape index (κ3) is 4.31. The number of alkyl halides is 1. The zero-order chi connectivity index (χ0) is 17.4. The van der Waals surface area contributed by atoms with Crippen molar-refractivity contribution >= 4 is 23.6 Å². The van der Waals surface area contributed by atoms with Gasteiger partial charge in [-0.05, 0) is 33.1 Å². The average Bonchev–Trinajstić information content (AvgIpc) is 2.76. The Hall–Kier alpha value is -0.970. The van der Waals surface area contributed by atoms with Crippen LogP contribution in [0.1, 0.15) is 47.5 Å². The first kappa shape index (κ1) is 18.4. The van der Waals surface area contributed by atoms with Crippen molar-refractivity contribution in [3.05, 3.63) is 0 Å². The van der Waals surface area contributed by atoms with E-state index >= 15 is 0 Å². The number of carbonyl (C=O) groups is 2. The molecule has 0 aliphatic carbocycles. The zero-order valence-corrected chi connectivity index (χ0v) is 15.7. The highest BCUT2D eigenvalue weighted by Crippen LogP contribution is 2.37. The Kier molecular flexibility index (Phi) is 5.19. The van der Waals surface area contributed by atoms with Crippen molar-refractivity contribution in [3.8, 4) is 0 Å². The summed E-state index contributed by atoms with van der Waals surface area (Å²) in [6.07, 6.45) is 1.06. The van der Waals surface area contributed by atoms with Gasteiger partial charge < -0.3 is 14.5 Å². The molecule has 2 aliphatic heterocycles. The van der Waals surface area contributed by atoms with Gasteiger partial charge in [-0.3, -0.25) is 4.79 Å². The lowest BCUT2D eigenvalue weighted by Gasteiger charge is -2.47. The fraction of sp³-hybridized carbons (Fsp3) is 0.882. The van der Waals surface area contributed by atoms with Crippen molar-refractivity contribution < 1.29 is 14.3 Å². The van der Waals surface area contributed by atoms with Gasteiger partial charge in [0.2, 0.25) is 5.91 Å². The fourth-order valence-corrected chi connectivity index (χ4v) is 3.83. The smallest absolute Gasteiger partial charge is 0.410 e. The maximum Gasteiger partial charge on any atom is 0.410 e. The molecule has 2 amide bonds. The number of ether oxygens (including phenoxy) is 1. The second kappa shape index (κ2) is 6.50. The summed E-state index contributed by atoms with van der Waals surface area (Å²) < 4.78 is 5.48. The third-order valence-electron chi connectivity index (χ3n) is 4.66. The van der Waals surface area contributed by atoms with Gasteiger partial charge in [0.15, 0.2) is 0 Å². The molecule has 23 heavy (non-hydrogen) atoms. The molecule has 0 radical (unpaired) electrons. The summed E-state index contributed by atoms with van der Waals surface area (Å²) in [6, 6.07) is 0.155. The molecule has 6 heteroatoms. The highest BCUT2D eigenvalue weighted by atomic mass is 35.5. The predicted molar refractivity (Wildman–Crippen MR) is 90.5 cm³/mol. The van der Waals surface area contributed by atoms with E-state index in [1.165, 1.54) is 0 Å². The predicted octanol–water partition coefficient (Wildman–Crippen LogP) is 3.11. The van der Waals surface area contributed by atoms with Gasteiger partial charge in [-0.25, -0.2) is 4.79 Å². The molecule has 5 nitrogen and oxygen atoms in total. The van der Waals surface area contributed by atoms with Gasteiger partial charge in [-0.15, -0.1) is 11.6 Å². The standard InChI is InChI=1S/C17H29ClN2O3/c1-16(2,3)23-15(22)19-7-6-13(17(4,5)11-19)20-10-12(9-18)8-14(20)21/h12-13H,6-11H2,1-5H3. The van der Waals surface area contributed by atoms with Crippen LogP contribution in [0.25, 0.3) is 0 Å². The first-order valence-electron chi connectivity index (χ1n) is 8.37. The van der Waals surface area contributed by atoms with Crippen LogP contribution in [0.4, 0.5) is 4.79 Å². The summed E-state index contributed by atoms with van der Waals surface area (Å²) >= 11 is 5.93. The van der Waals surface area contributed by atoms with Gasteiger partial charge in [0.25, 0.3) is 0 Å². The molecule has 2 atom stereocenters. The van der Waals surface area contributed by atoms with E-state index < -0.39 is 5.60 Å². The minimum Gasteiger partial charge on any atom is -0.444 e. The normalized spacial score (nSPS) is 28.2. The maximum atomic E-state index is 12.3. The molecule has 0 N–H and O–H groups in total. The molecule has 132 valence electrons. The lowest BCUT2D eigenvalue weighted by atomic mass is 9.78. The molecule has 0 bridgehead atoms. The van der Waals surface area contributed by atoms with E-state index in [1.807, 2.05) is 25.7 Å². The lowest BCUT2D eigenvalue weighted by Crippen LogP contribution is -2.57. The molecule has 2 aliphatic rings. The average molecular weight is 345 g/mol. The summed E-state index contributed by atoms with van der Waals surface area (Å²) in [6.45, 7) is 11.8. The van der Waals surface area contributed by atoms with Gasteiger partial charge in [0, 0.05) is 43.4 Å². The van der Waals surface area contributed by atoms with E-state index in [0.717, 1.165) is 13.0 Å². The quantitative estimate of drug-likeness (QED) is 0.723. The second-order valence-electron chi connectivity index (χ2n) is 8.47. The number of carbonyl (C=O) groups excluding carboxylic acids is 2. The Bertz CT molecular complexity index is 473. The van der Waals surface area contributed by atoms with Crippen LogP contribution in [-0.2, 0) is 9.53 Å². The van der Waals surface area contributed by atoms with E-state index in [4.69, 9.17) is 16.3 Å². The van der Waals surface area contributed by atoms with Crippen molar-refractivity contribution in [3.63, 3.8) is 0 Å². The first-order chi connectivity index (χ1) is 10.5. The molecule has 2 heterocycles. The molecule has 2 fully saturated rings. The van der Waals surface area contributed by atoms with Crippen LogP contribution < -0.4 is 0 Å². The van der Waals surface area contributed by atoms with E-state index in [0.29, 0.717) is 25.4 Å². The summed E-state index contributed by atoms with van der Waals surface area (Å²) in [5, 5.41) is 0. The largest absolute Gasteiger partial charge is 0.444 e. The Morgan fingerprint density at radius 1 is 1.39 bits per heavy atom. The van der Waals surface area contributed by atoms with Crippen LogP contribution >= 0.6 is 11.6 Å². The maximum absolute atomic E-state index is 12.3. The summed E-state index contributed by atoms with van der Waals surface area (Å²) in [5.74, 6) is 0.975. The van der Waals surface area contributed by atoms with Crippen LogP contribution in [0.5, 0.6) is 0 Å². The molecule has 0 aromatic rings. The van der Waals surface area contributed by atoms with Gasteiger partial charge >= 0.3 is 6.09 Å². The number of rotatable bonds is 2. The molecule has 0 aromatic heterocycles. The first-order valence-corrected chi connectivity index (χ1v) is 8.90. The van der Waals surface area contributed by atoms with Crippen LogP contribution in [-0.4, -0.2) is 59.0 Å². The number of hydrogen-bond acceptors (Lipinski definition) is 3. The number of hydrogen-bond donors (Lipinski definition) is 0. The molecule has 2 rings (SSSR count). The highest BCUT2D eigenvalue weighted by Gasteiger charge is 2.45. The van der Waals surface area contributed by atoms with E-state index in [2.05, 4.69) is 13.8 Å². The molecule has 2 unspecified atom stereocenters. The van der Waals surface area contributed by atoms with Crippen LogP contribution in [0, 0.1) is 11.3 Å². The Morgan fingerprint density at radius 2 is 2.04 bits per heavy atom. The monoisotopic (exact) mass is 344 g/mol. The van der Waals surface area contributed by atoms with E-state index in [1.54, 1.807) is 4.90 Å². The second-order valence-corrected chi connectivity index (χ2v) is 8.77. The van der Waals surface area contributed by atoms with Gasteiger partial charge in [0.1, 0.15) is 5.60 Å². The van der Waals surface area contributed by atoms with Crippen LogP contribution in [0.15, 0.2) is 0 Å². The summed E-state index contributed by atoms with van der Waals surface area (Å²) in [4.78, 5) is 28.3. The van der Waals surface area contributed by atoms with Crippen molar-refractivity contribution in [1.29, 1.82) is 0 Å². The molecule has 2 saturated heterocycles. The fourth-order valence-electron chi connectivity index (χ4n) is 3.62. The number of likely N-dealkylation sites (tertiary alicyclic amines) is 2. The number of amides is 2. The van der Waals surface area contributed by atoms with Crippen LogP contribution in [0.2, 0.25) is 0 Å². The van der Waals surface area contributed by atoms with Gasteiger partial charge in [-0.1, -0.05) is 13.8 Å². The number of nitrogens with zero attached hydrogens (tertiary/aromatic N) is 2. The highest BCUT2D eigenvalue weighted by molar-refractivity contribution is 6.18. The number of piperidine rings is 1. The van der Waals surface area contributed by atoms with E-state index in [-0.39, 0.29) is 29.4 Å².